The van der Waals surface area contributed by atoms with Crippen LogP contribution in [0.1, 0.15) is 13.0 Å². The van der Waals surface area contributed by atoms with E-state index in [1.165, 1.54) is 0 Å². The Morgan fingerprint density at radius 3 is 2.81 bits per heavy atom. The van der Waals surface area contributed by atoms with E-state index in [4.69, 9.17) is 9.84 Å². The van der Waals surface area contributed by atoms with Crippen LogP contribution >= 0.6 is 0 Å². The van der Waals surface area contributed by atoms with E-state index in [2.05, 4.69) is 0 Å². The van der Waals surface area contributed by atoms with Gasteiger partial charge in [-0.2, -0.15) is 0 Å². The van der Waals surface area contributed by atoms with Crippen LogP contribution in [0.25, 0.3) is 10.9 Å². The van der Waals surface area contributed by atoms with Crippen LogP contribution in [0, 0.1) is 0 Å². The third kappa shape index (κ3) is 1.52. The largest absolute Gasteiger partial charge is 0.496 e. The molecule has 1 atom stereocenters. The minimum atomic E-state index is -0.847. The average Bonchev–Trinajstić information content (AvgIpc) is 2.71. The zero-order valence-electron chi connectivity index (χ0n) is 9.18. The summed E-state index contributed by atoms with van der Waals surface area (Å²) in [5.41, 5.74) is 0.870. The second-order valence-electron chi connectivity index (χ2n) is 3.63. The summed E-state index contributed by atoms with van der Waals surface area (Å²) in [5, 5.41) is 9.92. The zero-order chi connectivity index (χ0) is 11.7. The van der Waals surface area contributed by atoms with Gasteiger partial charge in [-0.1, -0.05) is 6.07 Å². The van der Waals surface area contributed by atoms with Gasteiger partial charge in [0.1, 0.15) is 11.8 Å². The second-order valence-corrected chi connectivity index (χ2v) is 3.63. The summed E-state index contributed by atoms with van der Waals surface area (Å²) in [6.45, 7) is 1.65. The first-order valence-corrected chi connectivity index (χ1v) is 5.01. The molecule has 1 aromatic carbocycles. The number of methoxy groups -OCH3 is 1. The number of aromatic nitrogens is 1. The highest BCUT2D eigenvalue weighted by Gasteiger charge is 2.15. The SMILES string of the molecule is COc1cccc2c1ccn2C(C)C(=O)O. The Kier molecular flexibility index (Phi) is 2.56. The molecular weight excluding hydrogens is 206 g/mol. The predicted molar refractivity (Wildman–Crippen MR) is 60.8 cm³/mol. The first-order valence-electron chi connectivity index (χ1n) is 5.01. The highest BCUT2D eigenvalue weighted by atomic mass is 16.5. The number of carboxylic acids is 1. The molecule has 0 aliphatic heterocycles. The number of aliphatic carboxylic acids is 1. The van der Waals surface area contributed by atoms with E-state index in [9.17, 15) is 4.79 Å². The van der Waals surface area contributed by atoms with Crippen LogP contribution in [0.5, 0.6) is 5.75 Å². The molecule has 0 spiro atoms. The van der Waals surface area contributed by atoms with Crippen molar-refractivity contribution in [2.24, 2.45) is 0 Å². The van der Waals surface area contributed by atoms with Crippen LogP contribution in [0.3, 0.4) is 0 Å². The van der Waals surface area contributed by atoms with Gasteiger partial charge in [0.15, 0.2) is 0 Å². The van der Waals surface area contributed by atoms with E-state index in [-0.39, 0.29) is 0 Å². The summed E-state index contributed by atoms with van der Waals surface area (Å²) in [6.07, 6.45) is 1.77. The van der Waals surface area contributed by atoms with Crippen molar-refractivity contribution in [1.82, 2.24) is 4.57 Å². The smallest absolute Gasteiger partial charge is 0.326 e. The molecule has 4 heteroatoms. The Hall–Kier alpha value is -1.97. The molecule has 0 aliphatic carbocycles. The minimum Gasteiger partial charge on any atom is -0.496 e. The van der Waals surface area contributed by atoms with Crippen molar-refractivity contribution >= 4 is 16.9 Å². The van der Waals surface area contributed by atoms with E-state index >= 15 is 0 Å². The molecule has 16 heavy (non-hydrogen) atoms. The molecule has 2 rings (SSSR count). The van der Waals surface area contributed by atoms with Crippen LogP contribution in [0.2, 0.25) is 0 Å². The van der Waals surface area contributed by atoms with Crippen LogP contribution in [-0.4, -0.2) is 22.8 Å². The van der Waals surface area contributed by atoms with E-state index < -0.39 is 12.0 Å². The lowest BCUT2D eigenvalue weighted by Gasteiger charge is -2.10. The molecule has 1 N–H and O–H groups in total. The molecule has 1 unspecified atom stereocenters. The number of carboxylic acid groups (broad SMARTS) is 1. The van der Waals surface area contributed by atoms with Crippen molar-refractivity contribution in [3.63, 3.8) is 0 Å². The van der Waals surface area contributed by atoms with Gasteiger partial charge in [-0.05, 0) is 25.1 Å². The lowest BCUT2D eigenvalue weighted by molar-refractivity contribution is -0.140. The number of rotatable bonds is 3. The Balaban J connectivity index is 2.61. The van der Waals surface area contributed by atoms with Gasteiger partial charge in [0.25, 0.3) is 0 Å². The normalized spacial score (nSPS) is 12.6. The molecule has 0 saturated heterocycles. The van der Waals surface area contributed by atoms with Gasteiger partial charge in [-0.15, -0.1) is 0 Å². The van der Waals surface area contributed by atoms with E-state index in [0.717, 1.165) is 16.7 Å². The fourth-order valence-corrected chi connectivity index (χ4v) is 1.79. The summed E-state index contributed by atoms with van der Waals surface area (Å²) in [4.78, 5) is 10.9. The van der Waals surface area contributed by atoms with Crippen molar-refractivity contribution in [2.75, 3.05) is 7.11 Å². The molecule has 2 aromatic rings. The van der Waals surface area contributed by atoms with Gasteiger partial charge in [-0.25, -0.2) is 4.79 Å². The van der Waals surface area contributed by atoms with Crippen LogP contribution < -0.4 is 4.74 Å². The molecule has 84 valence electrons. The van der Waals surface area contributed by atoms with E-state index in [1.54, 1.807) is 24.8 Å². The van der Waals surface area contributed by atoms with Crippen molar-refractivity contribution in [1.29, 1.82) is 0 Å². The van der Waals surface area contributed by atoms with Gasteiger partial charge >= 0.3 is 5.97 Å². The maximum atomic E-state index is 10.9. The Morgan fingerprint density at radius 2 is 2.19 bits per heavy atom. The van der Waals surface area contributed by atoms with Gasteiger partial charge in [0.2, 0.25) is 0 Å². The highest BCUT2D eigenvalue weighted by molar-refractivity contribution is 5.88. The van der Waals surface area contributed by atoms with Crippen LogP contribution in [-0.2, 0) is 4.79 Å². The minimum absolute atomic E-state index is 0.579. The summed E-state index contributed by atoms with van der Waals surface area (Å²) in [6, 6.07) is 6.89. The number of benzene rings is 1. The maximum Gasteiger partial charge on any atom is 0.326 e. The Bertz CT molecular complexity index is 530. The number of hydrogen-bond donors (Lipinski definition) is 1. The van der Waals surface area contributed by atoms with E-state index in [1.807, 2.05) is 24.3 Å². The van der Waals surface area contributed by atoms with Gasteiger partial charge < -0.3 is 14.4 Å². The fraction of sp³-hybridized carbons (Fsp3) is 0.250. The lowest BCUT2D eigenvalue weighted by Crippen LogP contribution is -2.14. The molecule has 0 bridgehead atoms. The number of nitrogens with zero attached hydrogens (tertiary/aromatic N) is 1. The molecule has 0 aliphatic rings. The van der Waals surface area contributed by atoms with Crippen LogP contribution in [0.15, 0.2) is 30.5 Å². The second kappa shape index (κ2) is 3.89. The standard InChI is InChI=1S/C12H13NO3/c1-8(12(14)15)13-7-6-9-10(13)4-3-5-11(9)16-2/h3-8H,1-2H3,(H,14,15). The van der Waals surface area contributed by atoms with Crippen LogP contribution in [0.4, 0.5) is 0 Å². The molecular formula is C12H13NO3. The maximum absolute atomic E-state index is 10.9. The summed E-state index contributed by atoms with van der Waals surface area (Å²) in [5.74, 6) is -0.0887. The summed E-state index contributed by atoms with van der Waals surface area (Å²) < 4.78 is 6.94. The molecule has 0 amide bonds. The first-order chi connectivity index (χ1) is 7.65. The van der Waals surface area contributed by atoms with E-state index in [0.29, 0.717) is 0 Å². The number of fused-ring (bicyclic) bond motifs is 1. The topological polar surface area (TPSA) is 51.5 Å². The summed E-state index contributed by atoms with van der Waals surface area (Å²) >= 11 is 0. The lowest BCUT2D eigenvalue weighted by atomic mass is 10.2. The fourth-order valence-electron chi connectivity index (χ4n) is 1.79. The summed E-state index contributed by atoms with van der Waals surface area (Å²) in [7, 11) is 1.60. The van der Waals surface area contributed by atoms with Gasteiger partial charge in [-0.3, -0.25) is 0 Å². The Labute approximate surface area is 93.1 Å². The third-order valence-electron chi connectivity index (χ3n) is 2.72. The first kappa shape index (κ1) is 10.5. The number of hydrogen-bond acceptors (Lipinski definition) is 2. The predicted octanol–water partition coefficient (Wildman–Crippen LogP) is 2.30. The van der Waals surface area contributed by atoms with Gasteiger partial charge in [0.05, 0.1) is 12.6 Å². The highest BCUT2D eigenvalue weighted by Crippen LogP contribution is 2.28. The monoisotopic (exact) mass is 219 g/mol. The molecule has 1 heterocycles. The Morgan fingerprint density at radius 1 is 1.44 bits per heavy atom. The van der Waals surface area contributed by atoms with Crippen molar-refractivity contribution < 1.29 is 14.6 Å². The van der Waals surface area contributed by atoms with Gasteiger partial charge in [0, 0.05) is 11.6 Å². The zero-order valence-corrected chi connectivity index (χ0v) is 9.18. The van der Waals surface area contributed by atoms with Crippen molar-refractivity contribution in [2.45, 2.75) is 13.0 Å². The van der Waals surface area contributed by atoms with Crippen molar-refractivity contribution in [3.8, 4) is 5.75 Å². The number of ether oxygens (including phenoxy) is 1. The molecule has 0 radical (unpaired) electrons. The van der Waals surface area contributed by atoms with Crippen molar-refractivity contribution in [3.05, 3.63) is 30.5 Å². The average molecular weight is 219 g/mol. The molecule has 1 aromatic heterocycles. The number of carbonyl (C=O) groups is 1. The molecule has 0 fully saturated rings. The third-order valence-corrected chi connectivity index (χ3v) is 2.72. The molecule has 0 saturated carbocycles. The quantitative estimate of drug-likeness (QED) is 0.861. The molecule has 4 nitrogen and oxygen atoms in total.